The third-order valence-electron chi connectivity index (χ3n) is 3.04. The number of hydrogen-bond acceptors (Lipinski definition) is 2. The zero-order valence-electron chi connectivity index (χ0n) is 10.2. The van der Waals surface area contributed by atoms with Crippen molar-refractivity contribution in [3.05, 3.63) is 41.7 Å². The SMILES string of the molecule is NC1CCCN(C(=O)/C=C/c2cccc(F)c2)C1. The number of benzene rings is 1. The Hall–Kier alpha value is -1.68. The average Bonchev–Trinajstić information content (AvgIpc) is 2.36. The average molecular weight is 248 g/mol. The summed E-state index contributed by atoms with van der Waals surface area (Å²) >= 11 is 0. The first-order chi connectivity index (χ1) is 8.65. The molecule has 1 aliphatic heterocycles. The van der Waals surface area contributed by atoms with Gasteiger partial charge in [-0.3, -0.25) is 4.79 Å². The van der Waals surface area contributed by atoms with Crippen LogP contribution in [0.25, 0.3) is 6.08 Å². The number of amides is 1. The van der Waals surface area contributed by atoms with E-state index in [1.165, 1.54) is 18.2 Å². The van der Waals surface area contributed by atoms with E-state index in [9.17, 15) is 9.18 Å². The van der Waals surface area contributed by atoms with Gasteiger partial charge < -0.3 is 10.6 Å². The van der Waals surface area contributed by atoms with Gasteiger partial charge in [0.1, 0.15) is 5.82 Å². The van der Waals surface area contributed by atoms with Crippen LogP contribution in [0.5, 0.6) is 0 Å². The number of nitrogens with zero attached hydrogens (tertiary/aromatic N) is 1. The van der Waals surface area contributed by atoms with Crippen LogP contribution in [-0.2, 0) is 4.79 Å². The molecule has 0 saturated carbocycles. The molecule has 1 atom stereocenters. The van der Waals surface area contributed by atoms with Gasteiger partial charge in [-0.05, 0) is 36.6 Å². The lowest BCUT2D eigenvalue weighted by molar-refractivity contribution is -0.127. The van der Waals surface area contributed by atoms with E-state index in [1.807, 2.05) is 0 Å². The van der Waals surface area contributed by atoms with Gasteiger partial charge in [-0.1, -0.05) is 12.1 Å². The van der Waals surface area contributed by atoms with Crippen molar-refractivity contribution < 1.29 is 9.18 Å². The zero-order chi connectivity index (χ0) is 13.0. The number of rotatable bonds is 2. The monoisotopic (exact) mass is 248 g/mol. The molecule has 3 nitrogen and oxygen atoms in total. The van der Waals surface area contributed by atoms with Gasteiger partial charge >= 0.3 is 0 Å². The summed E-state index contributed by atoms with van der Waals surface area (Å²) in [7, 11) is 0. The first-order valence-corrected chi connectivity index (χ1v) is 6.13. The van der Waals surface area contributed by atoms with E-state index in [0.29, 0.717) is 12.1 Å². The maximum absolute atomic E-state index is 13.0. The maximum Gasteiger partial charge on any atom is 0.246 e. The number of carbonyl (C=O) groups is 1. The standard InChI is InChI=1S/C14H17FN2O/c15-12-4-1-3-11(9-12)6-7-14(18)17-8-2-5-13(16)10-17/h1,3-4,6-7,9,13H,2,5,8,10,16H2/b7-6+. The number of carbonyl (C=O) groups excluding carboxylic acids is 1. The van der Waals surface area contributed by atoms with E-state index < -0.39 is 0 Å². The largest absolute Gasteiger partial charge is 0.338 e. The Morgan fingerprint density at radius 1 is 1.50 bits per heavy atom. The van der Waals surface area contributed by atoms with Crippen LogP contribution in [0.4, 0.5) is 4.39 Å². The first kappa shape index (κ1) is 12.8. The molecule has 0 spiro atoms. The van der Waals surface area contributed by atoms with Crippen LogP contribution in [0, 0.1) is 5.82 Å². The first-order valence-electron chi connectivity index (χ1n) is 6.13. The van der Waals surface area contributed by atoms with Gasteiger partial charge in [0.05, 0.1) is 0 Å². The van der Waals surface area contributed by atoms with Crippen LogP contribution < -0.4 is 5.73 Å². The molecule has 1 fully saturated rings. The van der Waals surface area contributed by atoms with E-state index >= 15 is 0 Å². The molecule has 96 valence electrons. The lowest BCUT2D eigenvalue weighted by atomic mass is 10.1. The Bertz CT molecular complexity index is 459. The molecule has 1 amide bonds. The minimum absolute atomic E-state index is 0.0607. The fourth-order valence-corrected chi connectivity index (χ4v) is 2.09. The Kier molecular flexibility index (Phi) is 4.10. The second-order valence-electron chi connectivity index (χ2n) is 4.57. The van der Waals surface area contributed by atoms with Crippen molar-refractivity contribution in [2.24, 2.45) is 5.73 Å². The molecular weight excluding hydrogens is 231 g/mol. The highest BCUT2D eigenvalue weighted by molar-refractivity contribution is 5.91. The Labute approximate surface area is 106 Å². The molecule has 1 heterocycles. The molecule has 18 heavy (non-hydrogen) atoms. The normalized spacial score (nSPS) is 20.3. The summed E-state index contributed by atoms with van der Waals surface area (Å²) in [4.78, 5) is 13.6. The lowest BCUT2D eigenvalue weighted by Gasteiger charge is -2.29. The molecule has 2 N–H and O–H groups in total. The molecule has 2 rings (SSSR count). The molecule has 1 aromatic rings. The Morgan fingerprint density at radius 2 is 2.33 bits per heavy atom. The summed E-state index contributed by atoms with van der Waals surface area (Å²) in [5, 5.41) is 0. The highest BCUT2D eigenvalue weighted by Gasteiger charge is 2.19. The van der Waals surface area contributed by atoms with Gasteiger partial charge in [-0.2, -0.15) is 0 Å². The molecule has 0 aromatic heterocycles. The van der Waals surface area contributed by atoms with E-state index in [0.717, 1.165) is 19.4 Å². The van der Waals surface area contributed by atoms with E-state index in [4.69, 9.17) is 5.73 Å². The summed E-state index contributed by atoms with van der Waals surface area (Å²) < 4.78 is 13.0. The molecule has 4 heteroatoms. The van der Waals surface area contributed by atoms with Crippen molar-refractivity contribution in [2.75, 3.05) is 13.1 Å². The number of likely N-dealkylation sites (tertiary alicyclic amines) is 1. The minimum atomic E-state index is -0.301. The fraction of sp³-hybridized carbons (Fsp3) is 0.357. The van der Waals surface area contributed by atoms with E-state index in [2.05, 4.69) is 0 Å². The van der Waals surface area contributed by atoms with Crippen molar-refractivity contribution >= 4 is 12.0 Å². The van der Waals surface area contributed by atoms with Crippen LogP contribution in [0.3, 0.4) is 0 Å². The molecule has 1 saturated heterocycles. The Balaban J connectivity index is 1.98. The number of nitrogens with two attached hydrogens (primary N) is 1. The predicted octanol–water partition coefficient (Wildman–Crippen LogP) is 1.79. The summed E-state index contributed by atoms with van der Waals surface area (Å²) in [6.07, 6.45) is 5.02. The predicted molar refractivity (Wildman–Crippen MR) is 69.2 cm³/mol. The van der Waals surface area contributed by atoms with Crippen LogP contribution in [-0.4, -0.2) is 29.9 Å². The fourth-order valence-electron chi connectivity index (χ4n) is 2.09. The summed E-state index contributed by atoms with van der Waals surface area (Å²) in [6.45, 7) is 1.35. The quantitative estimate of drug-likeness (QED) is 0.811. The minimum Gasteiger partial charge on any atom is -0.338 e. The summed E-state index contributed by atoms with van der Waals surface area (Å²) in [5.74, 6) is -0.362. The molecule has 1 aliphatic rings. The van der Waals surface area contributed by atoms with Gasteiger partial charge in [-0.15, -0.1) is 0 Å². The van der Waals surface area contributed by atoms with Crippen molar-refractivity contribution in [3.63, 3.8) is 0 Å². The van der Waals surface area contributed by atoms with Crippen molar-refractivity contribution in [2.45, 2.75) is 18.9 Å². The summed E-state index contributed by atoms with van der Waals surface area (Å²) in [6, 6.07) is 6.23. The molecule has 0 aliphatic carbocycles. The smallest absolute Gasteiger partial charge is 0.246 e. The van der Waals surface area contributed by atoms with Gasteiger partial charge in [-0.25, -0.2) is 4.39 Å². The number of hydrogen-bond donors (Lipinski definition) is 1. The van der Waals surface area contributed by atoms with Crippen LogP contribution in [0.1, 0.15) is 18.4 Å². The lowest BCUT2D eigenvalue weighted by Crippen LogP contribution is -2.45. The van der Waals surface area contributed by atoms with Crippen LogP contribution in [0.2, 0.25) is 0 Å². The van der Waals surface area contributed by atoms with Crippen molar-refractivity contribution in [3.8, 4) is 0 Å². The topological polar surface area (TPSA) is 46.3 Å². The van der Waals surface area contributed by atoms with E-state index in [1.54, 1.807) is 23.1 Å². The third kappa shape index (κ3) is 3.40. The number of piperidine rings is 1. The molecule has 1 unspecified atom stereocenters. The molecule has 0 bridgehead atoms. The highest BCUT2D eigenvalue weighted by Crippen LogP contribution is 2.10. The van der Waals surface area contributed by atoms with Gasteiger partial charge in [0.2, 0.25) is 5.91 Å². The zero-order valence-corrected chi connectivity index (χ0v) is 10.2. The maximum atomic E-state index is 13.0. The van der Waals surface area contributed by atoms with Gasteiger partial charge in [0.15, 0.2) is 0 Å². The second-order valence-corrected chi connectivity index (χ2v) is 4.57. The van der Waals surface area contributed by atoms with Crippen molar-refractivity contribution in [1.29, 1.82) is 0 Å². The number of halogens is 1. The molecule has 0 radical (unpaired) electrons. The van der Waals surface area contributed by atoms with Crippen LogP contribution >= 0.6 is 0 Å². The second kappa shape index (κ2) is 5.78. The van der Waals surface area contributed by atoms with Gasteiger partial charge in [0.25, 0.3) is 0 Å². The molecule has 1 aromatic carbocycles. The molecular formula is C14H17FN2O. The summed E-state index contributed by atoms with van der Waals surface area (Å²) in [5.41, 5.74) is 6.51. The van der Waals surface area contributed by atoms with Gasteiger partial charge in [0, 0.05) is 25.2 Å². The van der Waals surface area contributed by atoms with Crippen LogP contribution in [0.15, 0.2) is 30.3 Å². The van der Waals surface area contributed by atoms with Crippen molar-refractivity contribution in [1.82, 2.24) is 4.90 Å². The highest BCUT2D eigenvalue weighted by atomic mass is 19.1. The third-order valence-corrected chi connectivity index (χ3v) is 3.04. The van der Waals surface area contributed by atoms with E-state index in [-0.39, 0.29) is 17.8 Å². The Morgan fingerprint density at radius 3 is 3.06 bits per heavy atom.